The van der Waals surface area contributed by atoms with Gasteiger partial charge in [-0.05, 0) is 32.5 Å². The van der Waals surface area contributed by atoms with Crippen LogP contribution in [0.1, 0.15) is 26.2 Å². The average molecular weight is 200 g/mol. The Morgan fingerprint density at radius 2 is 1.93 bits per heavy atom. The van der Waals surface area contributed by atoms with Gasteiger partial charge in [0.05, 0.1) is 13.2 Å². The van der Waals surface area contributed by atoms with Crippen molar-refractivity contribution in [2.75, 3.05) is 45.9 Å². The summed E-state index contributed by atoms with van der Waals surface area (Å²) in [5.41, 5.74) is 0. The molecule has 1 saturated heterocycles. The molecule has 0 saturated carbocycles. The van der Waals surface area contributed by atoms with Crippen LogP contribution in [-0.2, 0) is 4.74 Å². The van der Waals surface area contributed by atoms with Gasteiger partial charge in [0.2, 0.25) is 0 Å². The van der Waals surface area contributed by atoms with Gasteiger partial charge in [-0.15, -0.1) is 0 Å². The van der Waals surface area contributed by atoms with E-state index in [1.165, 1.54) is 32.4 Å². The second kappa shape index (κ2) is 8.21. The van der Waals surface area contributed by atoms with Crippen LogP contribution in [-0.4, -0.2) is 50.8 Å². The van der Waals surface area contributed by atoms with Crippen molar-refractivity contribution in [3.8, 4) is 0 Å². The molecule has 0 bridgehead atoms. The van der Waals surface area contributed by atoms with Crippen molar-refractivity contribution in [1.29, 1.82) is 0 Å². The summed E-state index contributed by atoms with van der Waals surface area (Å²) in [7, 11) is 0. The van der Waals surface area contributed by atoms with Crippen molar-refractivity contribution in [2.45, 2.75) is 26.2 Å². The van der Waals surface area contributed by atoms with Gasteiger partial charge in [-0.1, -0.05) is 13.3 Å². The van der Waals surface area contributed by atoms with Crippen LogP contribution in [0.5, 0.6) is 0 Å². The predicted octanol–water partition coefficient (Wildman–Crippen LogP) is 1.10. The van der Waals surface area contributed by atoms with Crippen LogP contribution < -0.4 is 5.32 Å². The van der Waals surface area contributed by atoms with E-state index in [0.29, 0.717) is 0 Å². The van der Waals surface area contributed by atoms with Crippen LogP contribution in [0, 0.1) is 0 Å². The summed E-state index contributed by atoms with van der Waals surface area (Å²) >= 11 is 0. The highest BCUT2D eigenvalue weighted by Crippen LogP contribution is 2.01. The predicted molar refractivity (Wildman–Crippen MR) is 59.7 cm³/mol. The lowest BCUT2D eigenvalue weighted by Crippen LogP contribution is -2.36. The van der Waals surface area contributed by atoms with Crippen molar-refractivity contribution < 1.29 is 4.74 Å². The number of unbranched alkanes of at least 4 members (excludes halogenated alkanes) is 2. The number of morpholine rings is 1. The number of nitrogens with zero attached hydrogens (tertiary/aromatic N) is 1. The lowest BCUT2D eigenvalue weighted by Gasteiger charge is -2.26. The first-order valence-electron chi connectivity index (χ1n) is 5.94. The minimum absolute atomic E-state index is 0.928. The Morgan fingerprint density at radius 3 is 2.64 bits per heavy atom. The molecular weight excluding hydrogens is 176 g/mol. The molecule has 3 heteroatoms. The van der Waals surface area contributed by atoms with Crippen molar-refractivity contribution in [3.05, 3.63) is 0 Å². The zero-order valence-corrected chi connectivity index (χ0v) is 9.43. The molecule has 0 spiro atoms. The van der Waals surface area contributed by atoms with E-state index in [0.717, 1.165) is 32.8 Å². The molecule has 1 fully saturated rings. The number of nitrogens with one attached hydrogen (secondary N) is 1. The molecule has 1 heterocycles. The van der Waals surface area contributed by atoms with Gasteiger partial charge in [0, 0.05) is 13.1 Å². The highest BCUT2D eigenvalue weighted by atomic mass is 16.5. The van der Waals surface area contributed by atoms with Crippen LogP contribution in [0.25, 0.3) is 0 Å². The lowest BCUT2D eigenvalue weighted by molar-refractivity contribution is 0.0371. The van der Waals surface area contributed by atoms with Crippen molar-refractivity contribution >= 4 is 0 Å². The van der Waals surface area contributed by atoms with E-state index in [2.05, 4.69) is 17.1 Å². The summed E-state index contributed by atoms with van der Waals surface area (Å²) in [6.07, 6.45) is 4.01. The Morgan fingerprint density at radius 1 is 1.14 bits per heavy atom. The molecule has 1 aliphatic heterocycles. The van der Waals surface area contributed by atoms with E-state index in [9.17, 15) is 0 Å². The Balaban J connectivity index is 1.82. The van der Waals surface area contributed by atoms with Gasteiger partial charge in [0.25, 0.3) is 0 Å². The maximum Gasteiger partial charge on any atom is 0.0594 e. The van der Waals surface area contributed by atoms with Crippen LogP contribution in [0.3, 0.4) is 0 Å². The summed E-state index contributed by atoms with van der Waals surface area (Å²) in [6.45, 7) is 9.82. The van der Waals surface area contributed by atoms with Gasteiger partial charge in [-0.25, -0.2) is 0 Å². The van der Waals surface area contributed by atoms with Gasteiger partial charge >= 0.3 is 0 Å². The maximum atomic E-state index is 5.31. The van der Waals surface area contributed by atoms with Crippen LogP contribution in [0.2, 0.25) is 0 Å². The number of ether oxygens (including phenoxy) is 1. The zero-order valence-electron chi connectivity index (χ0n) is 9.43. The number of hydrogen-bond acceptors (Lipinski definition) is 3. The summed E-state index contributed by atoms with van der Waals surface area (Å²) in [6, 6.07) is 0. The Bertz CT molecular complexity index is 124. The first-order valence-corrected chi connectivity index (χ1v) is 5.94. The molecule has 0 amide bonds. The van der Waals surface area contributed by atoms with Gasteiger partial charge < -0.3 is 10.1 Å². The van der Waals surface area contributed by atoms with E-state index in [1.807, 2.05) is 0 Å². The zero-order chi connectivity index (χ0) is 10.1. The molecule has 0 aromatic rings. The molecule has 0 radical (unpaired) electrons. The molecule has 0 aromatic heterocycles. The normalized spacial score (nSPS) is 18.6. The monoisotopic (exact) mass is 200 g/mol. The third-order valence-corrected chi connectivity index (χ3v) is 2.68. The van der Waals surface area contributed by atoms with Crippen LogP contribution in [0.15, 0.2) is 0 Å². The second-order valence-electron chi connectivity index (χ2n) is 3.87. The topological polar surface area (TPSA) is 24.5 Å². The fraction of sp³-hybridized carbons (Fsp3) is 1.00. The van der Waals surface area contributed by atoms with E-state index in [1.54, 1.807) is 0 Å². The molecule has 1 N–H and O–H groups in total. The van der Waals surface area contributed by atoms with Crippen molar-refractivity contribution in [3.63, 3.8) is 0 Å². The SMILES string of the molecule is CCNCCCCCN1CCOCC1. The maximum absolute atomic E-state index is 5.31. The molecule has 1 rings (SSSR count). The lowest BCUT2D eigenvalue weighted by atomic mass is 10.2. The molecule has 0 aliphatic carbocycles. The molecule has 1 aliphatic rings. The molecule has 0 atom stereocenters. The van der Waals surface area contributed by atoms with Crippen LogP contribution >= 0.6 is 0 Å². The minimum Gasteiger partial charge on any atom is -0.379 e. The smallest absolute Gasteiger partial charge is 0.0594 e. The number of hydrogen-bond donors (Lipinski definition) is 1. The summed E-state index contributed by atoms with van der Waals surface area (Å²) in [4.78, 5) is 2.51. The first-order chi connectivity index (χ1) is 6.93. The van der Waals surface area contributed by atoms with Crippen molar-refractivity contribution in [1.82, 2.24) is 10.2 Å². The molecule has 14 heavy (non-hydrogen) atoms. The minimum atomic E-state index is 0.928. The largest absolute Gasteiger partial charge is 0.379 e. The Labute approximate surface area is 87.8 Å². The Kier molecular flexibility index (Phi) is 7.01. The third kappa shape index (κ3) is 5.58. The van der Waals surface area contributed by atoms with Gasteiger partial charge in [-0.3, -0.25) is 4.90 Å². The Hall–Kier alpha value is -0.120. The molecule has 3 nitrogen and oxygen atoms in total. The molecule has 84 valence electrons. The van der Waals surface area contributed by atoms with Crippen LogP contribution in [0.4, 0.5) is 0 Å². The van der Waals surface area contributed by atoms with E-state index < -0.39 is 0 Å². The highest BCUT2D eigenvalue weighted by molar-refractivity contribution is 4.61. The first kappa shape index (κ1) is 12.0. The molecule has 0 aromatic carbocycles. The number of rotatable bonds is 7. The van der Waals surface area contributed by atoms with E-state index in [4.69, 9.17) is 4.74 Å². The fourth-order valence-electron chi connectivity index (χ4n) is 1.76. The van der Waals surface area contributed by atoms with Gasteiger partial charge in [0.15, 0.2) is 0 Å². The third-order valence-electron chi connectivity index (χ3n) is 2.68. The van der Waals surface area contributed by atoms with Crippen molar-refractivity contribution in [2.24, 2.45) is 0 Å². The molecular formula is C11H24N2O. The van der Waals surface area contributed by atoms with Gasteiger partial charge in [-0.2, -0.15) is 0 Å². The fourth-order valence-corrected chi connectivity index (χ4v) is 1.76. The van der Waals surface area contributed by atoms with Gasteiger partial charge in [0.1, 0.15) is 0 Å². The molecule has 0 unspecified atom stereocenters. The second-order valence-corrected chi connectivity index (χ2v) is 3.87. The summed E-state index contributed by atoms with van der Waals surface area (Å²) < 4.78 is 5.31. The summed E-state index contributed by atoms with van der Waals surface area (Å²) in [5.74, 6) is 0. The highest BCUT2D eigenvalue weighted by Gasteiger charge is 2.08. The standard InChI is InChI=1S/C11H24N2O/c1-2-12-6-4-3-5-7-13-8-10-14-11-9-13/h12H,2-11H2,1H3. The summed E-state index contributed by atoms with van der Waals surface area (Å²) in [5, 5.41) is 3.35. The van der Waals surface area contributed by atoms with E-state index in [-0.39, 0.29) is 0 Å². The average Bonchev–Trinajstić information content (AvgIpc) is 2.25. The van der Waals surface area contributed by atoms with E-state index >= 15 is 0 Å². The quantitative estimate of drug-likeness (QED) is 0.623.